The van der Waals surface area contributed by atoms with E-state index in [0.717, 1.165) is 23.1 Å². The van der Waals surface area contributed by atoms with Gasteiger partial charge in [0.15, 0.2) is 9.40 Å². The molecule has 0 fully saturated rings. The van der Waals surface area contributed by atoms with Crippen LogP contribution in [0, 0.1) is 10.1 Å². The number of thioether (sulfide) groups is 1. The summed E-state index contributed by atoms with van der Waals surface area (Å²) in [7, 11) is 1.57. The first-order chi connectivity index (χ1) is 9.86. The van der Waals surface area contributed by atoms with Gasteiger partial charge >= 0.3 is 5.70 Å². The summed E-state index contributed by atoms with van der Waals surface area (Å²) < 4.78 is 4.53. The smallest absolute Gasteiger partial charge is 0.315 e. The Morgan fingerprint density at radius 3 is 2.24 bits per heavy atom. The largest absolute Gasteiger partial charge is 0.497 e. The molecule has 1 aromatic carbocycles. The van der Waals surface area contributed by atoms with Crippen LogP contribution in [0.2, 0.25) is 0 Å². The molecule has 0 radical (unpaired) electrons. The quantitative estimate of drug-likeness (QED) is 0.366. The van der Waals surface area contributed by atoms with Gasteiger partial charge in [-0.15, -0.1) is 11.8 Å². The fourth-order valence-electron chi connectivity index (χ4n) is 1.26. The average molecular weight is 389 g/mol. The Balaban J connectivity index is 2.90. The second-order valence-corrected chi connectivity index (χ2v) is 6.51. The van der Waals surface area contributed by atoms with E-state index in [1.54, 1.807) is 19.2 Å². The molecule has 0 spiro atoms. The van der Waals surface area contributed by atoms with Crippen LogP contribution in [0.5, 0.6) is 5.75 Å². The van der Waals surface area contributed by atoms with Crippen LogP contribution in [-0.4, -0.2) is 12.0 Å². The summed E-state index contributed by atoms with van der Waals surface area (Å²) in [4.78, 5) is 10.3. The zero-order valence-corrected chi connectivity index (χ0v) is 14.4. The van der Waals surface area contributed by atoms with Crippen molar-refractivity contribution in [1.29, 1.82) is 0 Å². The molecule has 0 N–H and O–H groups in total. The average Bonchev–Trinajstić information content (AvgIpc) is 2.45. The number of ether oxygens (including phenoxy) is 1. The molecule has 0 atom stereocenters. The Morgan fingerprint density at radius 2 is 1.81 bits per heavy atom. The second-order valence-electron chi connectivity index (χ2n) is 3.59. The molecule has 4 nitrogen and oxygen atoms in total. The van der Waals surface area contributed by atoms with Crippen LogP contribution < -0.4 is 4.74 Å². The summed E-state index contributed by atoms with van der Waals surface area (Å²) >= 11 is 23.6. The minimum absolute atomic E-state index is 0.0976. The maximum Gasteiger partial charge on any atom is 0.315 e. The van der Waals surface area contributed by atoms with Crippen LogP contribution in [-0.2, 0) is 5.75 Å². The van der Waals surface area contributed by atoms with Crippen molar-refractivity contribution in [2.24, 2.45) is 0 Å². The van der Waals surface area contributed by atoms with E-state index < -0.39 is 20.1 Å². The van der Waals surface area contributed by atoms with E-state index in [9.17, 15) is 10.1 Å². The van der Waals surface area contributed by atoms with Gasteiger partial charge in [0.2, 0.25) is 0 Å². The Morgan fingerprint density at radius 1 is 1.24 bits per heavy atom. The van der Waals surface area contributed by atoms with E-state index in [1.807, 2.05) is 12.1 Å². The summed E-state index contributed by atoms with van der Waals surface area (Å²) in [5, 5.41) is 10.6. The third-order valence-corrected chi connectivity index (χ3v) is 4.64. The van der Waals surface area contributed by atoms with Crippen molar-refractivity contribution in [3.05, 3.63) is 59.5 Å². The maximum atomic E-state index is 11.0. The van der Waals surface area contributed by atoms with Gasteiger partial charge in [0.25, 0.3) is 0 Å². The maximum absolute atomic E-state index is 11.0. The lowest BCUT2D eigenvalue weighted by molar-refractivity contribution is -0.419. The van der Waals surface area contributed by atoms with E-state index in [0.29, 0.717) is 5.75 Å². The Labute approximate surface area is 145 Å². The van der Waals surface area contributed by atoms with Crippen molar-refractivity contribution < 1.29 is 9.66 Å². The lowest BCUT2D eigenvalue weighted by Gasteiger charge is -2.04. The van der Waals surface area contributed by atoms with E-state index in [1.165, 1.54) is 0 Å². The highest BCUT2D eigenvalue weighted by Crippen LogP contribution is 2.35. The van der Waals surface area contributed by atoms with Crippen LogP contribution in [0.4, 0.5) is 0 Å². The van der Waals surface area contributed by atoms with Gasteiger partial charge in [-0.1, -0.05) is 58.5 Å². The van der Waals surface area contributed by atoms with E-state index in [4.69, 9.17) is 51.1 Å². The van der Waals surface area contributed by atoms with Gasteiger partial charge in [-0.25, -0.2) is 0 Å². The second kappa shape index (κ2) is 8.76. The SMILES string of the molecule is COc1ccc(CS/C(Cl)=C(\C(Cl)=C(Cl)Cl)[N+](=O)[O-])cc1. The molecular formula is C12H9Cl4NO3S. The molecule has 0 amide bonds. The van der Waals surface area contributed by atoms with Gasteiger partial charge in [-0.3, -0.25) is 10.1 Å². The third kappa shape index (κ3) is 5.60. The summed E-state index contributed by atoms with van der Waals surface area (Å²) in [6, 6.07) is 7.22. The molecule has 0 heterocycles. The number of methoxy groups -OCH3 is 1. The van der Waals surface area contributed by atoms with Crippen molar-refractivity contribution in [3.8, 4) is 5.75 Å². The predicted octanol–water partition coefficient (Wildman–Crippen LogP) is 5.50. The topological polar surface area (TPSA) is 52.4 Å². The molecule has 0 aliphatic rings. The Bertz CT molecular complexity index is 583. The lowest BCUT2D eigenvalue weighted by Crippen LogP contribution is -2.01. The number of nitrogens with zero attached hydrogens (tertiary/aromatic N) is 1. The highest BCUT2D eigenvalue weighted by molar-refractivity contribution is 8.03. The fourth-order valence-corrected chi connectivity index (χ4v) is 2.84. The van der Waals surface area contributed by atoms with Gasteiger partial charge in [0.05, 0.1) is 12.0 Å². The van der Waals surface area contributed by atoms with Crippen molar-refractivity contribution in [1.82, 2.24) is 0 Å². The molecule has 0 bridgehead atoms. The molecule has 1 aromatic rings. The molecule has 21 heavy (non-hydrogen) atoms. The minimum Gasteiger partial charge on any atom is -0.497 e. The van der Waals surface area contributed by atoms with Crippen molar-refractivity contribution in [3.63, 3.8) is 0 Å². The van der Waals surface area contributed by atoms with Crippen LogP contribution in [0.15, 0.2) is 43.9 Å². The normalized spacial score (nSPS) is 11.7. The lowest BCUT2D eigenvalue weighted by atomic mass is 10.2. The molecule has 0 aliphatic heterocycles. The molecule has 9 heteroatoms. The molecule has 0 aromatic heterocycles. The predicted molar refractivity (Wildman–Crippen MR) is 88.7 cm³/mol. The highest BCUT2D eigenvalue weighted by atomic mass is 35.5. The van der Waals surface area contributed by atoms with E-state index in [2.05, 4.69) is 0 Å². The van der Waals surface area contributed by atoms with Crippen LogP contribution in [0.1, 0.15) is 5.56 Å². The molecule has 1 rings (SSSR count). The first-order valence-corrected chi connectivity index (χ1v) is 7.87. The number of allylic oxidation sites excluding steroid dienone is 1. The van der Waals surface area contributed by atoms with Gasteiger partial charge in [0, 0.05) is 5.75 Å². The highest BCUT2D eigenvalue weighted by Gasteiger charge is 2.24. The molecule has 0 aliphatic carbocycles. The summed E-state index contributed by atoms with van der Waals surface area (Å²) in [6.45, 7) is 0. The van der Waals surface area contributed by atoms with Gasteiger partial charge in [0.1, 0.15) is 10.2 Å². The van der Waals surface area contributed by atoms with E-state index in [-0.39, 0.29) is 4.36 Å². The number of hydrogen-bond acceptors (Lipinski definition) is 4. The van der Waals surface area contributed by atoms with Crippen LogP contribution in [0.3, 0.4) is 0 Å². The van der Waals surface area contributed by atoms with Gasteiger partial charge in [-0.05, 0) is 17.7 Å². The van der Waals surface area contributed by atoms with Crippen molar-refractivity contribution >= 4 is 58.2 Å². The monoisotopic (exact) mass is 387 g/mol. The molecule has 0 saturated heterocycles. The summed E-state index contributed by atoms with van der Waals surface area (Å²) in [5.41, 5.74) is 0.399. The number of halogens is 4. The van der Waals surface area contributed by atoms with Crippen molar-refractivity contribution in [2.75, 3.05) is 7.11 Å². The summed E-state index contributed by atoms with van der Waals surface area (Å²) in [5.74, 6) is 1.14. The van der Waals surface area contributed by atoms with Gasteiger partial charge in [-0.2, -0.15) is 0 Å². The molecule has 0 unspecified atom stereocenters. The molecule has 114 valence electrons. The molecule has 0 saturated carbocycles. The third-order valence-electron chi connectivity index (χ3n) is 2.27. The van der Waals surface area contributed by atoms with Crippen LogP contribution >= 0.6 is 58.2 Å². The first kappa shape index (κ1) is 18.5. The fraction of sp³-hybridized carbons (Fsp3) is 0.167. The number of nitro groups is 1. The van der Waals surface area contributed by atoms with E-state index >= 15 is 0 Å². The van der Waals surface area contributed by atoms with Crippen LogP contribution in [0.25, 0.3) is 0 Å². The van der Waals surface area contributed by atoms with Gasteiger partial charge < -0.3 is 4.74 Å². The summed E-state index contributed by atoms with van der Waals surface area (Å²) in [6.07, 6.45) is 0. The Kier molecular flexibility index (Phi) is 7.70. The van der Waals surface area contributed by atoms with Crippen molar-refractivity contribution in [2.45, 2.75) is 5.75 Å². The molecular weight excluding hydrogens is 380 g/mol. The number of rotatable bonds is 6. The first-order valence-electron chi connectivity index (χ1n) is 5.37. The Hall–Kier alpha value is -0.590. The minimum atomic E-state index is -0.726. The zero-order chi connectivity index (χ0) is 16.0. The number of benzene rings is 1. The standard InChI is InChI=1S/C12H9Cl4NO3S/c1-20-8-4-2-7(3-5-8)6-21-12(16)10(17(18)19)9(13)11(14)15/h2-5H,6H2,1H3/b12-10+. The zero-order valence-electron chi connectivity index (χ0n) is 10.6. The number of hydrogen-bond donors (Lipinski definition) is 0.